The van der Waals surface area contributed by atoms with Crippen LogP contribution >= 0.6 is 0 Å². The second-order valence-corrected chi connectivity index (χ2v) is 5.41. The summed E-state index contributed by atoms with van der Waals surface area (Å²) in [5.41, 5.74) is 1.48. The van der Waals surface area contributed by atoms with Gasteiger partial charge in [0.05, 0.1) is 24.8 Å². The number of amides is 2. The van der Waals surface area contributed by atoms with Crippen molar-refractivity contribution in [3.63, 3.8) is 0 Å². The largest absolute Gasteiger partial charge is 0.478 e. The third kappa shape index (κ3) is 3.77. The summed E-state index contributed by atoms with van der Waals surface area (Å²) in [7, 11) is 1.30. The second kappa shape index (κ2) is 7.04. The van der Waals surface area contributed by atoms with Gasteiger partial charge in [0.25, 0.3) is 5.91 Å². The zero-order valence-corrected chi connectivity index (χ0v) is 13.4. The van der Waals surface area contributed by atoms with Crippen LogP contribution in [0.1, 0.15) is 16.8 Å². The number of esters is 1. The number of methoxy groups -OCH3 is 1. The van der Waals surface area contributed by atoms with Crippen molar-refractivity contribution >= 4 is 29.2 Å². The van der Waals surface area contributed by atoms with Gasteiger partial charge in [0.2, 0.25) is 5.91 Å². The Labute approximate surface area is 143 Å². The van der Waals surface area contributed by atoms with E-state index in [2.05, 4.69) is 15.4 Å². The fourth-order valence-electron chi connectivity index (χ4n) is 2.41. The van der Waals surface area contributed by atoms with E-state index < -0.39 is 12.1 Å². The summed E-state index contributed by atoms with van der Waals surface area (Å²) >= 11 is 0. The van der Waals surface area contributed by atoms with Gasteiger partial charge in [-0.2, -0.15) is 0 Å². The number of carbonyl (C=O) groups is 3. The van der Waals surface area contributed by atoms with Crippen LogP contribution in [0.15, 0.2) is 48.5 Å². The van der Waals surface area contributed by atoms with Gasteiger partial charge in [-0.1, -0.05) is 12.1 Å². The summed E-state index contributed by atoms with van der Waals surface area (Å²) in [5.74, 6) is -0.661. The number of fused-ring (bicyclic) bond motifs is 1. The van der Waals surface area contributed by atoms with E-state index in [0.29, 0.717) is 22.7 Å². The maximum Gasteiger partial charge on any atom is 0.337 e. The van der Waals surface area contributed by atoms with Crippen LogP contribution in [0.25, 0.3) is 0 Å². The monoisotopic (exact) mass is 340 g/mol. The number of hydrogen-bond donors (Lipinski definition) is 2. The fourth-order valence-corrected chi connectivity index (χ4v) is 2.41. The van der Waals surface area contributed by atoms with Crippen molar-refractivity contribution in [1.82, 2.24) is 0 Å². The first-order valence-corrected chi connectivity index (χ1v) is 7.61. The molecule has 0 radical (unpaired) electrons. The Hall–Kier alpha value is -3.35. The Morgan fingerprint density at radius 1 is 1.16 bits per heavy atom. The zero-order chi connectivity index (χ0) is 17.8. The molecule has 1 aliphatic heterocycles. The molecule has 0 unspecified atom stereocenters. The molecule has 1 atom stereocenters. The summed E-state index contributed by atoms with van der Waals surface area (Å²) in [4.78, 5) is 35.6. The first-order chi connectivity index (χ1) is 12.1. The van der Waals surface area contributed by atoms with Gasteiger partial charge >= 0.3 is 5.97 Å². The van der Waals surface area contributed by atoms with Crippen LogP contribution in [0.3, 0.4) is 0 Å². The van der Waals surface area contributed by atoms with Gasteiger partial charge in [-0.15, -0.1) is 0 Å². The van der Waals surface area contributed by atoms with Crippen LogP contribution in [0.2, 0.25) is 0 Å². The molecule has 2 amide bonds. The number of ether oxygens (including phenoxy) is 2. The topological polar surface area (TPSA) is 93.7 Å². The van der Waals surface area contributed by atoms with E-state index in [-0.39, 0.29) is 18.2 Å². The Kier molecular flexibility index (Phi) is 4.65. The molecule has 0 spiro atoms. The van der Waals surface area contributed by atoms with Crippen LogP contribution in [-0.4, -0.2) is 31.0 Å². The maximum atomic E-state index is 12.2. The lowest BCUT2D eigenvalue weighted by atomic mass is 10.1. The number of nitrogens with one attached hydrogen (secondary N) is 2. The summed E-state index contributed by atoms with van der Waals surface area (Å²) < 4.78 is 10.2. The lowest BCUT2D eigenvalue weighted by molar-refractivity contribution is -0.128. The van der Waals surface area contributed by atoms with Crippen molar-refractivity contribution in [2.45, 2.75) is 12.5 Å². The third-order valence-electron chi connectivity index (χ3n) is 3.67. The highest BCUT2D eigenvalue weighted by Gasteiger charge is 2.29. The van der Waals surface area contributed by atoms with Crippen molar-refractivity contribution in [3.05, 3.63) is 54.1 Å². The Balaban J connectivity index is 1.61. The molecule has 25 heavy (non-hydrogen) atoms. The van der Waals surface area contributed by atoms with Gasteiger partial charge in [0.15, 0.2) is 6.10 Å². The number of anilines is 2. The van der Waals surface area contributed by atoms with Crippen LogP contribution in [-0.2, 0) is 14.3 Å². The number of para-hydroxylation sites is 2. The summed E-state index contributed by atoms with van der Waals surface area (Å²) in [6.45, 7) is 0. The molecule has 3 rings (SSSR count). The molecular weight excluding hydrogens is 324 g/mol. The molecule has 0 aliphatic carbocycles. The van der Waals surface area contributed by atoms with Crippen molar-refractivity contribution in [3.8, 4) is 5.75 Å². The van der Waals surface area contributed by atoms with Crippen LogP contribution in [0.4, 0.5) is 11.4 Å². The van der Waals surface area contributed by atoms with E-state index in [9.17, 15) is 14.4 Å². The average molecular weight is 340 g/mol. The molecular formula is C18H16N2O5. The van der Waals surface area contributed by atoms with Crippen LogP contribution in [0, 0.1) is 0 Å². The van der Waals surface area contributed by atoms with E-state index in [0.717, 1.165) is 0 Å². The minimum atomic E-state index is -0.899. The van der Waals surface area contributed by atoms with E-state index in [1.165, 1.54) is 7.11 Å². The second-order valence-electron chi connectivity index (χ2n) is 5.41. The zero-order valence-electron chi connectivity index (χ0n) is 13.4. The first-order valence-electron chi connectivity index (χ1n) is 7.61. The van der Waals surface area contributed by atoms with E-state index in [1.807, 2.05) is 0 Å². The number of hydrogen-bond acceptors (Lipinski definition) is 5. The van der Waals surface area contributed by atoms with Gasteiger partial charge in [-0.3, -0.25) is 9.59 Å². The van der Waals surface area contributed by atoms with Crippen LogP contribution in [0.5, 0.6) is 5.75 Å². The van der Waals surface area contributed by atoms with E-state index in [4.69, 9.17) is 4.74 Å². The smallest absolute Gasteiger partial charge is 0.337 e. The standard InChI is InChI=1S/C18H16N2O5/c1-24-18(23)11-6-8-12(9-7-11)19-16(21)10-15-17(22)20-13-4-2-3-5-14(13)25-15/h2-9,15H,10H2,1H3,(H,19,21)(H,20,22)/t15-/m0/s1. The van der Waals surface area contributed by atoms with Gasteiger partial charge in [-0.25, -0.2) is 4.79 Å². The highest BCUT2D eigenvalue weighted by molar-refractivity contribution is 6.02. The van der Waals surface area contributed by atoms with Gasteiger partial charge in [0, 0.05) is 5.69 Å². The summed E-state index contributed by atoms with van der Waals surface area (Å²) in [5, 5.41) is 5.38. The third-order valence-corrected chi connectivity index (χ3v) is 3.67. The molecule has 7 nitrogen and oxygen atoms in total. The minimum absolute atomic E-state index is 0.126. The molecule has 2 aromatic rings. The fraction of sp³-hybridized carbons (Fsp3) is 0.167. The molecule has 0 bridgehead atoms. The minimum Gasteiger partial charge on any atom is -0.478 e. The van der Waals surface area contributed by atoms with Crippen LogP contribution < -0.4 is 15.4 Å². The number of benzene rings is 2. The van der Waals surface area contributed by atoms with Crippen molar-refractivity contribution in [1.29, 1.82) is 0 Å². The number of carbonyl (C=O) groups excluding carboxylic acids is 3. The van der Waals surface area contributed by atoms with E-state index in [1.54, 1.807) is 48.5 Å². The van der Waals surface area contributed by atoms with Gasteiger partial charge in [0.1, 0.15) is 5.75 Å². The Morgan fingerprint density at radius 3 is 2.60 bits per heavy atom. The molecule has 128 valence electrons. The maximum absolute atomic E-state index is 12.2. The molecule has 2 N–H and O–H groups in total. The highest BCUT2D eigenvalue weighted by Crippen LogP contribution is 2.29. The van der Waals surface area contributed by atoms with Crippen molar-refractivity contribution in [2.75, 3.05) is 17.7 Å². The summed E-state index contributed by atoms with van der Waals surface area (Å²) in [6.07, 6.45) is -1.02. The molecule has 0 saturated heterocycles. The lowest BCUT2D eigenvalue weighted by Crippen LogP contribution is -2.39. The predicted molar refractivity (Wildman–Crippen MR) is 90.5 cm³/mol. The molecule has 1 heterocycles. The molecule has 1 aliphatic rings. The molecule has 2 aromatic carbocycles. The van der Waals surface area contributed by atoms with Crippen molar-refractivity contribution in [2.24, 2.45) is 0 Å². The molecule has 0 fully saturated rings. The number of rotatable bonds is 4. The van der Waals surface area contributed by atoms with Gasteiger partial charge in [-0.05, 0) is 36.4 Å². The SMILES string of the molecule is COC(=O)c1ccc(NC(=O)C[C@@H]2Oc3ccccc3NC2=O)cc1. The normalized spacial score (nSPS) is 15.4. The Bertz CT molecular complexity index is 816. The average Bonchev–Trinajstić information content (AvgIpc) is 2.62. The van der Waals surface area contributed by atoms with E-state index >= 15 is 0 Å². The molecule has 0 aromatic heterocycles. The quantitative estimate of drug-likeness (QED) is 0.832. The molecule has 7 heteroatoms. The van der Waals surface area contributed by atoms with Gasteiger partial charge < -0.3 is 20.1 Å². The lowest BCUT2D eigenvalue weighted by Gasteiger charge is -2.25. The summed E-state index contributed by atoms with van der Waals surface area (Å²) in [6, 6.07) is 13.3. The predicted octanol–water partition coefficient (Wildman–Crippen LogP) is 2.20. The highest BCUT2D eigenvalue weighted by atomic mass is 16.5. The van der Waals surface area contributed by atoms with Crippen molar-refractivity contribution < 1.29 is 23.9 Å². The molecule has 0 saturated carbocycles. The first kappa shape index (κ1) is 16.5. The Morgan fingerprint density at radius 2 is 1.88 bits per heavy atom.